The summed E-state index contributed by atoms with van der Waals surface area (Å²) in [6.45, 7) is 5.11. The Bertz CT molecular complexity index is 890. The van der Waals surface area contributed by atoms with E-state index in [0.29, 0.717) is 6.04 Å². The molecule has 1 unspecified atom stereocenters. The van der Waals surface area contributed by atoms with Gasteiger partial charge in [-0.05, 0) is 49.1 Å². The zero-order chi connectivity index (χ0) is 17.2. The Balaban J connectivity index is 1.57. The first-order valence-corrected chi connectivity index (χ1v) is 8.71. The Hall–Kier alpha value is -2.88. The van der Waals surface area contributed by atoms with E-state index in [-0.39, 0.29) is 0 Å². The van der Waals surface area contributed by atoms with Crippen molar-refractivity contribution >= 4 is 17.5 Å². The topological polar surface area (TPSA) is 41.1 Å². The van der Waals surface area contributed by atoms with E-state index >= 15 is 0 Å². The number of rotatable bonds is 4. The van der Waals surface area contributed by atoms with Crippen molar-refractivity contribution in [3.8, 4) is 0 Å². The predicted molar refractivity (Wildman–Crippen MR) is 102 cm³/mol. The Morgan fingerprint density at radius 1 is 1.08 bits per heavy atom. The molecular formula is C21H22N4. The quantitative estimate of drug-likeness (QED) is 0.766. The van der Waals surface area contributed by atoms with Crippen LogP contribution >= 0.6 is 0 Å². The molecule has 1 aromatic heterocycles. The van der Waals surface area contributed by atoms with E-state index in [1.807, 2.05) is 12.3 Å². The highest BCUT2D eigenvalue weighted by molar-refractivity contribution is 5.67. The molecule has 1 atom stereocenters. The van der Waals surface area contributed by atoms with Crippen molar-refractivity contribution in [1.82, 2.24) is 9.97 Å². The van der Waals surface area contributed by atoms with Crippen molar-refractivity contribution in [2.24, 2.45) is 0 Å². The van der Waals surface area contributed by atoms with Crippen LogP contribution < -0.4 is 10.2 Å². The Labute approximate surface area is 148 Å². The highest BCUT2D eigenvalue weighted by Gasteiger charge is 2.28. The van der Waals surface area contributed by atoms with Gasteiger partial charge >= 0.3 is 0 Å². The van der Waals surface area contributed by atoms with Crippen LogP contribution in [-0.4, -0.2) is 16.0 Å². The molecule has 0 fully saturated rings. The van der Waals surface area contributed by atoms with Gasteiger partial charge in [0, 0.05) is 24.5 Å². The monoisotopic (exact) mass is 330 g/mol. The van der Waals surface area contributed by atoms with Crippen LogP contribution in [0.3, 0.4) is 0 Å². The number of para-hydroxylation sites is 1. The average molecular weight is 330 g/mol. The van der Waals surface area contributed by atoms with Crippen LogP contribution in [0.2, 0.25) is 0 Å². The predicted octanol–water partition coefficient (Wildman–Crippen LogP) is 4.48. The summed E-state index contributed by atoms with van der Waals surface area (Å²) in [5.41, 5.74) is 5.14. The molecule has 4 heteroatoms. The highest BCUT2D eigenvalue weighted by Crippen LogP contribution is 2.36. The van der Waals surface area contributed by atoms with E-state index in [4.69, 9.17) is 4.98 Å². The van der Waals surface area contributed by atoms with Crippen LogP contribution in [0.4, 0.5) is 17.5 Å². The molecule has 3 aromatic rings. The zero-order valence-corrected chi connectivity index (χ0v) is 14.6. The van der Waals surface area contributed by atoms with Crippen LogP contribution in [0.15, 0.2) is 60.8 Å². The van der Waals surface area contributed by atoms with Crippen LogP contribution in [0.1, 0.15) is 23.6 Å². The number of aryl methyl sites for hydroxylation is 1. The summed E-state index contributed by atoms with van der Waals surface area (Å²) >= 11 is 0. The van der Waals surface area contributed by atoms with Crippen molar-refractivity contribution < 1.29 is 0 Å². The third-order valence-electron chi connectivity index (χ3n) is 4.79. The maximum atomic E-state index is 4.75. The fourth-order valence-electron chi connectivity index (χ4n) is 3.43. The molecule has 0 spiro atoms. The van der Waals surface area contributed by atoms with E-state index in [0.717, 1.165) is 24.7 Å². The molecule has 25 heavy (non-hydrogen) atoms. The van der Waals surface area contributed by atoms with Gasteiger partial charge in [-0.3, -0.25) is 0 Å². The summed E-state index contributed by atoms with van der Waals surface area (Å²) in [6.07, 6.45) is 2.86. The van der Waals surface area contributed by atoms with E-state index in [9.17, 15) is 0 Å². The van der Waals surface area contributed by atoms with Gasteiger partial charge in [0.1, 0.15) is 5.82 Å². The number of anilines is 3. The molecule has 0 bridgehead atoms. The van der Waals surface area contributed by atoms with E-state index in [2.05, 4.69) is 77.6 Å². The second-order valence-electron chi connectivity index (χ2n) is 6.57. The minimum Gasteiger partial charge on any atom is -0.366 e. The Morgan fingerprint density at radius 3 is 2.76 bits per heavy atom. The van der Waals surface area contributed by atoms with Crippen molar-refractivity contribution in [3.63, 3.8) is 0 Å². The third-order valence-corrected chi connectivity index (χ3v) is 4.79. The maximum Gasteiger partial charge on any atom is 0.232 e. The highest BCUT2D eigenvalue weighted by atomic mass is 15.3. The average Bonchev–Trinajstić information content (AvgIpc) is 2.97. The molecule has 0 radical (unpaired) electrons. The van der Waals surface area contributed by atoms with Gasteiger partial charge in [0.25, 0.3) is 0 Å². The van der Waals surface area contributed by atoms with Gasteiger partial charge in [0.2, 0.25) is 5.95 Å². The summed E-state index contributed by atoms with van der Waals surface area (Å²) in [5.74, 6) is 1.61. The summed E-state index contributed by atoms with van der Waals surface area (Å²) in [6, 6.07) is 19.2. The lowest BCUT2D eigenvalue weighted by Gasteiger charge is -2.23. The third kappa shape index (κ3) is 3.07. The molecule has 0 saturated heterocycles. The zero-order valence-electron chi connectivity index (χ0n) is 14.6. The smallest absolute Gasteiger partial charge is 0.232 e. The number of fused-ring (bicyclic) bond motifs is 1. The number of nitrogens with one attached hydrogen (secondary N) is 1. The lowest BCUT2D eigenvalue weighted by atomic mass is 10.1. The van der Waals surface area contributed by atoms with Gasteiger partial charge in [-0.1, -0.05) is 42.5 Å². The van der Waals surface area contributed by atoms with Crippen molar-refractivity contribution in [3.05, 3.63) is 77.5 Å². The second kappa shape index (κ2) is 6.55. The molecule has 1 aliphatic rings. The SMILES string of the molecule is Cc1ccccc1CNc1ccnc(N2c3ccccc3CC2C)n1. The Morgan fingerprint density at radius 2 is 1.88 bits per heavy atom. The molecule has 1 N–H and O–H groups in total. The van der Waals surface area contributed by atoms with Crippen molar-refractivity contribution in [2.75, 3.05) is 10.2 Å². The Kier molecular flexibility index (Phi) is 4.10. The number of aromatic nitrogens is 2. The van der Waals surface area contributed by atoms with Crippen LogP contribution in [-0.2, 0) is 13.0 Å². The first-order valence-electron chi connectivity index (χ1n) is 8.71. The minimum absolute atomic E-state index is 0.365. The molecule has 2 aromatic carbocycles. The van der Waals surface area contributed by atoms with E-state index < -0.39 is 0 Å². The number of hydrogen-bond acceptors (Lipinski definition) is 4. The first kappa shape index (κ1) is 15.6. The molecule has 0 amide bonds. The van der Waals surface area contributed by atoms with Gasteiger partial charge in [-0.2, -0.15) is 4.98 Å². The molecule has 0 saturated carbocycles. The summed E-state index contributed by atoms with van der Waals surface area (Å²) in [4.78, 5) is 11.5. The fourth-order valence-corrected chi connectivity index (χ4v) is 3.43. The van der Waals surface area contributed by atoms with Gasteiger partial charge in [-0.25, -0.2) is 4.98 Å². The van der Waals surface area contributed by atoms with Crippen molar-refractivity contribution in [1.29, 1.82) is 0 Å². The fraction of sp³-hybridized carbons (Fsp3) is 0.238. The van der Waals surface area contributed by atoms with E-state index in [1.165, 1.54) is 22.4 Å². The normalized spacial score (nSPS) is 15.9. The molecule has 0 aliphatic carbocycles. The molecule has 4 rings (SSSR count). The maximum absolute atomic E-state index is 4.75. The minimum atomic E-state index is 0.365. The molecule has 126 valence electrons. The van der Waals surface area contributed by atoms with Gasteiger partial charge < -0.3 is 10.2 Å². The number of benzene rings is 2. The largest absolute Gasteiger partial charge is 0.366 e. The van der Waals surface area contributed by atoms with Gasteiger partial charge in [0.15, 0.2) is 0 Å². The number of hydrogen-bond donors (Lipinski definition) is 1. The summed E-state index contributed by atoms with van der Waals surface area (Å²) < 4.78 is 0. The van der Waals surface area contributed by atoms with Gasteiger partial charge in [0.05, 0.1) is 0 Å². The van der Waals surface area contributed by atoms with Crippen molar-refractivity contribution in [2.45, 2.75) is 32.9 Å². The standard InChI is InChI=1S/C21H22N4/c1-15-7-3-4-9-18(15)14-23-20-11-12-22-21(24-20)25-16(2)13-17-8-5-6-10-19(17)25/h3-12,16H,13-14H2,1-2H3,(H,22,23,24). The van der Waals surface area contributed by atoms with E-state index in [1.54, 1.807) is 0 Å². The lowest BCUT2D eigenvalue weighted by molar-refractivity contribution is 0.740. The first-order chi connectivity index (χ1) is 12.2. The molecule has 1 aliphatic heterocycles. The molecule has 4 nitrogen and oxygen atoms in total. The second-order valence-corrected chi connectivity index (χ2v) is 6.57. The molecule has 2 heterocycles. The van der Waals surface area contributed by atoms with Crippen LogP contribution in [0.25, 0.3) is 0 Å². The summed E-state index contributed by atoms with van der Waals surface area (Å²) in [5, 5.41) is 3.43. The van der Waals surface area contributed by atoms with Crippen LogP contribution in [0.5, 0.6) is 0 Å². The van der Waals surface area contributed by atoms with Gasteiger partial charge in [-0.15, -0.1) is 0 Å². The number of nitrogens with zero attached hydrogens (tertiary/aromatic N) is 3. The summed E-state index contributed by atoms with van der Waals surface area (Å²) in [7, 11) is 0. The molecular weight excluding hydrogens is 308 g/mol. The van der Waals surface area contributed by atoms with Crippen LogP contribution in [0, 0.1) is 6.92 Å². The lowest BCUT2D eigenvalue weighted by Crippen LogP contribution is -2.26.